The van der Waals surface area contributed by atoms with E-state index in [-0.39, 0.29) is 0 Å². The Morgan fingerprint density at radius 2 is 2.35 bits per heavy atom. The van der Waals surface area contributed by atoms with Crippen molar-refractivity contribution >= 4 is 27.7 Å². The lowest BCUT2D eigenvalue weighted by atomic mass is 10.2. The van der Waals surface area contributed by atoms with Crippen molar-refractivity contribution in [3.05, 3.63) is 15.9 Å². The van der Waals surface area contributed by atoms with Gasteiger partial charge in [0.2, 0.25) is 0 Å². The highest BCUT2D eigenvalue weighted by Gasteiger charge is 2.22. The lowest BCUT2D eigenvalue weighted by Gasteiger charge is -2.23. The fourth-order valence-electron chi connectivity index (χ4n) is 2.23. The standard InChI is InChI=1S/C12H20BrN3S/c1-4-10-12(13)11(16(3)14-10)7-15(2)9-5-6-17-8-9/h9H,4-8H2,1-3H3. The first-order valence-electron chi connectivity index (χ1n) is 6.11. The molecule has 0 aromatic carbocycles. The van der Waals surface area contributed by atoms with E-state index in [9.17, 15) is 0 Å². The Labute approximate surface area is 116 Å². The molecule has 0 radical (unpaired) electrons. The molecule has 1 aromatic heterocycles. The van der Waals surface area contributed by atoms with Crippen LogP contribution in [0.2, 0.25) is 0 Å². The molecule has 1 fully saturated rings. The van der Waals surface area contributed by atoms with Crippen LogP contribution in [-0.2, 0) is 20.0 Å². The number of aryl methyl sites for hydroxylation is 2. The van der Waals surface area contributed by atoms with Crippen LogP contribution in [0.4, 0.5) is 0 Å². The van der Waals surface area contributed by atoms with Crippen molar-refractivity contribution in [1.29, 1.82) is 0 Å². The molecule has 2 heterocycles. The van der Waals surface area contributed by atoms with Crippen molar-refractivity contribution < 1.29 is 0 Å². The summed E-state index contributed by atoms with van der Waals surface area (Å²) in [5.41, 5.74) is 2.46. The Morgan fingerprint density at radius 1 is 1.59 bits per heavy atom. The number of hydrogen-bond acceptors (Lipinski definition) is 3. The van der Waals surface area contributed by atoms with Gasteiger partial charge in [0, 0.05) is 25.4 Å². The van der Waals surface area contributed by atoms with Crippen molar-refractivity contribution in [1.82, 2.24) is 14.7 Å². The molecule has 1 aliphatic heterocycles. The molecule has 1 aromatic rings. The quantitative estimate of drug-likeness (QED) is 0.852. The van der Waals surface area contributed by atoms with Gasteiger partial charge in [-0.2, -0.15) is 16.9 Å². The molecule has 5 heteroatoms. The third kappa shape index (κ3) is 2.88. The average molecular weight is 318 g/mol. The van der Waals surface area contributed by atoms with Gasteiger partial charge in [-0.05, 0) is 41.6 Å². The Hall–Kier alpha value is -0.000000000000000111. The topological polar surface area (TPSA) is 21.1 Å². The molecule has 0 amide bonds. The van der Waals surface area contributed by atoms with Gasteiger partial charge in [-0.1, -0.05) is 6.92 Å². The van der Waals surface area contributed by atoms with Crippen molar-refractivity contribution in [2.75, 3.05) is 18.6 Å². The zero-order valence-electron chi connectivity index (χ0n) is 10.7. The predicted molar refractivity (Wildman–Crippen MR) is 77.5 cm³/mol. The Balaban J connectivity index is 2.09. The fourth-order valence-corrected chi connectivity index (χ4v) is 4.27. The van der Waals surface area contributed by atoms with Gasteiger partial charge in [0.25, 0.3) is 0 Å². The molecule has 1 atom stereocenters. The van der Waals surface area contributed by atoms with E-state index in [4.69, 9.17) is 0 Å². The van der Waals surface area contributed by atoms with Crippen molar-refractivity contribution in [2.24, 2.45) is 7.05 Å². The van der Waals surface area contributed by atoms with Gasteiger partial charge in [0.05, 0.1) is 15.9 Å². The normalized spacial score (nSPS) is 20.4. The number of halogens is 1. The second-order valence-electron chi connectivity index (χ2n) is 4.62. The molecule has 1 saturated heterocycles. The summed E-state index contributed by atoms with van der Waals surface area (Å²) in [6, 6.07) is 0.729. The van der Waals surface area contributed by atoms with E-state index in [1.807, 2.05) is 11.7 Å². The van der Waals surface area contributed by atoms with E-state index in [2.05, 4.69) is 51.7 Å². The molecule has 0 N–H and O–H groups in total. The number of nitrogens with zero attached hydrogens (tertiary/aromatic N) is 3. The second kappa shape index (κ2) is 5.76. The van der Waals surface area contributed by atoms with E-state index < -0.39 is 0 Å². The zero-order valence-corrected chi connectivity index (χ0v) is 13.1. The third-order valence-corrected chi connectivity index (χ3v) is 5.49. The molecule has 96 valence electrons. The minimum Gasteiger partial charge on any atom is -0.297 e. The average Bonchev–Trinajstić information content (AvgIpc) is 2.92. The molecule has 0 bridgehead atoms. The highest BCUT2D eigenvalue weighted by atomic mass is 79.9. The molecular formula is C12H20BrN3S. The van der Waals surface area contributed by atoms with E-state index in [1.54, 1.807) is 0 Å². The molecule has 3 nitrogen and oxygen atoms in total. The summed E-state index contributed by atoms with van der Waals surface area (Å²) >= 11 is 5.75. The highest BCUT2D eigenvalue weighted by Crippen LogP contribution is 2.26. The fraction of sp³-hybridized carbons (Fsp3) is 0.750. The summed E-state index contributed by atoms with van der Waals surface area (Å²) in [5, 5.41) is 4.55. The van der Waals surface area contributed by atoms with Gasteiger partial charge in [-0.15, -0.1) is 0 Å². The summed E-state index contributed by atoms with van der Waals surface area (Å²) in [6.45, 7) is 3.13. The van der Waals surface area contributed by atoms with E-state index >= 15 is 0 Å². The monoisotopic (exact) mass is 317 g/mol. The Kier molecular flexibility index (Phi) is 4.55. The first-order valence-corrected chi connectivity index (χ1v) is 8.06. The number of rotatable bonds is 4. The lowest BCUT2D eigenvalue weighted by molar-refractivity contribution is 0.247. The maximum Gasteiger partial charge on any atom is 0.0767 e. The predicted octanol–water partition coefficient (Wildman–Crippen LogP) is 2.68. The van der Waals surface area contributed by atoms with Crippen LogP contribution in [0.5, 0.6) is 0 Å². The largest absolute Gasteiger partial charge is 0.297 e. The molecule has 1 aliphatic rings. The Bertz CT molecular complexity index is 385. The van der Waals surface area contributed by atoms with Crippen LogP contribution >= 0.6 is 27.7 Å². The maximum atomic E-state index is 4.55. The smallest absolute Gasteiger partial charge is 0.0767 e. The van der Waals surface area contributed by atoms with Crippen molar-refractivity contribution in [3.8, 4) is 0 Å². The third-order valence-electron chi connectivity index (χ3n) is 3.43. The highest BCUT2D eigenvalue weighted by molar-refractivity contribution is 9.10. The molecule has 1 unspecified atom stereocenters. The van der Waals surface area contributed by atoms with Crippen LogP contribution < -0.4 is 0 Å². The lowest BCUT2D eigenvalue weighted by Crippen LogP contribution is -2.31. The number of thioether (sulfide) groups is 1. The summed E-state index contributed by atoms with van der Waals surface area (Å²) in [7, 11) is 4.26. The van der Waals surface area contributed by atoms with Gasteiger partial charge in [0.15, 0.2) is 0 Å². The number of hydrogen-bond donors (Lipinski definition) is 0. The van der Waals surface area contributed by atoms with Gasteiger partial charge < -0.3 is 0 Å². The minimum atomic E-state index is 0.729. The first-order chi connectivity index (χ1) is 8.13. The molecule has 17 heavy (non-hydrogen) atoms. The summed E-state index contributed by atoms with van der Waals surface area (Å²) in [6.07, 6.45) is 2.30. The van der Waals surface area contributed by atoms with E-state index in [0.29, 0.717) is 0 Å². The van der Waals surface area contributed by atoms with Gasteiger partial charge in [-0.25, -0.2) is 0 Å². The molecule has 0 spiro atoms. The summed E-state index contributed by atoms with van der Waals surface area (Å²) in [4.78, 5) is 2.46. The van der Waals surface area contributed by atoms with Crippen LogP contribution in [0.25, 0.3) is 0 Å². The molecule has 0 aliphatic carbocycles. The molecule has 2 rings (SSSR count). The van der Waals surface area contributed by atoms with Crippen molar-refractivity contribution in [2.45, 2.75) is 32.4 Å². The zero-order chi connectivity index (χ0) is 12.4. The van der Waals surface area contributed by atoms with Crippen LogP contribution in [0.15, 0.2) is 4.47 Å². The van der Waals surface area contributed by atoms with Gasteiger partial charge in [0.1, 0.15) is 0 Å². The van der Waals surface area contributed by atoms with Crippen molar-refractivity contribution in [3.63, 3.8) is 0 Å². The van der Waals surface area contributed by atoms with Crippen LogP contribution in [0.3, 0.4) is 0 Å². The van der Waals surface area contributed by atoms with Crippen LogP contribution in [-0.4, -0.2) is 39.3 Å². The molecule has 0 saturated carbocycles. The van der Waals surface area contributed by atoms with Crippen LogP contribution in [0, 0.1) is 0 Å². The van der Waals surface area contributed by atoms with Gasteiger partial charge >= 0.3 is 0 Å². The minimum absolute atomic E-state index is 0.729. The van der Waals surface area contributed by atoms with E-state index in [0.717, 1.165) is 24.7 Å². The number of aromatic nitrogens is 2. The summed E-state index contributed by atoms with van der Waals surface area (Å²) in [5.74, 6) is 2.58. The second-order valence-corrected chi connectivity index (χ2v) is 6.56. The first kappa shape index (κ1) is 13.4. The Morgan fingerprint density at radius 3 is 2.88 bits per heavy atom. The van der Waals surface area contributed by atoms with E-state index in [1.165, 1.54) is 28.1 Å². The van der Waals surface area contributed by atoms with Gasteiger partial charge in [-0.3, -0.25) is 9.58 Å². The van der Waals surface area contributed by atoms with Crippen LogP contribution in [0.1, 0.15) is 24.7 Å². The summed E-state index contributed by atoms with van der Waals surface area (Å²) < 4.78 is 3.21. The molecular weight excluding hydrogens is 298 g/mol. The SMILES string of the molecule is CCc1nn(C)c(CN(C)C2CCSC2)c1Br. The maximum absolute atomic E-state index is 4.55.